The molecular weight excluding hydrogens is 398 g/mol. The second-order valence-corrected chi connectivity index (χ2v) is 8.45. The van der Waals surface area contributed by atoms with E-state index >= 15 is 0 Å². The van der Waals surface area contributed by atoms with E-state index in [0.29, 0.717) is 6.61 Å². The van der Waals surface area contributed by atoms with E-state index in [2.05, 4.69) is 61.0 Å². The fraction of sp³-hybridized carbons (Fsp3) is 0.481. The monoisotopic (exact) mass is 435 g/mol. The number of para-hydroxylation sites is 2. The number of ether oxygens (including phenoxy) is 1. The highest BCUT2D eigenvalue weighted by atomic mass is 16.5. The third-order valence-electron chi connectivity index (χ3n) is 6.07. The first-order chi connectivity index (χ1) is 15.6. The molecule has 0 aliphatic heterocycles. The lowest BCUT2D eigenvalue weighted by atomic mass is 10.0. The molecule has 3 rings (SSSR count). The lowest BCUT2D eigenvalue weighted by Crippen LogP contribution is -2.30. The molecule has 0 aliphatic rings. The second-order valence-electron chi connectivity index (χ2n) is 8.45. The van der Waals surface area contributed by atoms with Crippen LogP contribution in [0, 0.1) is 12.8 Å². The number of hydrogen-bond acceptors (Lipinski definition) is 3. The molecule has 32 heavy (non-hydrogen) atoms. The van der Waals surface area contributed by atoms with Crippen molar-refractivity contribution in [1.82, 2.24) is 14.9 Å². The van der Waals surface area contributed by atoms with Gasteiger partial charge in [0.15, 0.2) is 0 Å². The minimum Gasteiger partial charge on any atom is -0.492 e. The van der Waals surface area contributed by atoms with Crippen LogP contribution < -0.4 is 10.1 Å². The number of unbranched alkanes of at least 4 members (excludes halogenated alkanes) is 2. The van der Waals surface area contributed by atoms with E-state index in [9.17, 15) is 4.79 Å². The molecule has 5 heteroatoms. The summed E-state index contributed by atoms with van der Waals surface area (Å²) in [6.45, 7) is 8.37. The maximum atomic E-state index is 12.1. The number of amides is 1. The van der Waals surface area contributed by atoms with E-state index in [1.54, 1.807) is 0 Å². The summed E-state index contributed by atoms with van der Waals surface area (Å²) in [7, 11) is 0. The maximum Gasteiger partial charge on any atom is 0.223 e. The molecule has 0 aliphatic carbocycles. The largest absolute Gasteiger partial charge is 0.492 e. The van der Waals surface area contributed by atoms with Crippen LogP contribution in [0.15, 0.2) is 48.5 Å². The first-order valence-corrected chi connectivity index (χ1v) is 12.0. The number of benzene rings is 2. The highest BCUT2D eigenvalue weighted by Crippen LogP contribution is 2.19. The van der Waals surface area contributed by atoms with Crippen LogP contribution in [0.2, 0.25) is 0 Å². The Labute approximate surface area is 192 Å². The molecule has 5 nitrogen and oxygen atoms in total. The molecule has 0 bridgehead atoms. The van der Waals surface area contributed by atoms with E-state index in [0.717, 1.165) is 74.2 Å². The van der Waals surface area contributed by atoms with Gasteiger partial charge in [-0.1, -0.05) is 50.1 Å². The molecule has 0 radical (unpaired) electrons. The van der Waals surface area contributed by atoms with Gasteiger partial charge >= 0.3 is 0 Å². The molecule has 1 aromatic heterocycles. The zero-order valence-electron chi connectivity index (χ0n) is 19.8. The van der Waals surface area contributed by atoms with Crippen LogP contribution >= 0.6 is 0 Å². The number of carbonyl (C=O) groups is 1. The number of aryl methyl sites for hydroxylation is 2. The number of nitrogens with one attached hydrogen (secondary N) is 1. The lowest BCUT2D eigenvalue weighted by molar-refractivity contribution is -0.125. The molecule has 0 atom stereocenters. The highest BCUT2D eigenvalue weighted by molar-refractivity contribution is 5.78. The Morgan fingerprint density at radius 3 is 2.53 bits per heavy atom. The molecule has 2 aromatic carbocycles. The van der Waals surface area contributed by atoms with Crippen LogP contribution in [0.3, 0.4) is 0 Å². The van der Waals surface area contributed by atoms with E-state index in [1.807, 2.05) is 18.2 Å². The fourth-order valence-corrected chi connectivity index (χ4v) is 4.06. The predicted molar refractivity (Wildman–Crippen MR) is 131 cm³/mol. The quantitative estimate of drug-likeness (QED) is 0.351. The Hall–Kier alpha value is -2.82. The number of aromatic nitrogens is 2. The van der Waals surface area contributed by atoms with Crippen LogP contribution in [0.1, 0.15) is 57.3 Å². The minimum atomic E-state index is 0.150. The molecule has 0 spiro atoms. The minimum absolute atomic E-state index is 0.150. The van der Waals surface area contributed by atoms with Crippen LogP contribution in [-0.4, -0.2) is 28.6 Å². The number of nitrogens with zero attached hydrogens (tertiary/aromatic N) is 2. The first kappa shape index (κ1) is 23.8. The van der Waals surface area contributed by atoms with Crippen LogP contribution in [-0.2, 0) is 17.8 Å². The Kier molecular flexibility index (Phi) is 9.14. The Bertz CT molecular complexity index is 974. The zero-order chi connectivity index (χ0) is 22.8. The molecule has 172 valence electrons. The van der Waals surface area contributed by atoms with E-state index in [1.165, 1.54) is 5.56 Å². The molecule has 3 aromatic rings. The van der Waals surface area contributed by atoms with Gasteiger partial charge in [0, 0.05) is 18.9 Å². The van der Waals surface area contributed by atoms with Crippen molar-refractivity contribution in [3.05, 3.63) is 59.9 Å². The number of carbonyl (C=O) groups excluding carboxylic acids is 1. The van der Waals surface area contributed by atoms with Gasteiger partial charge in [0.2, 0.25) is 5.91 Å². The third kappa shape index (κ3) is 6.59. The van der Waals surface area contributed by atoms with Gasteiger partial charge < -0.3 is 14.6 Å². The summed E-state index contributed by atoms with van der Waals surface area (Å²) in [5.41, 5.74) is 3.43. The predicted octanol–water partition coefficient (Wildman–Crippen LogP) is 5.69. The molecular formula is C27H37N3O2. The van der Waals surface area contributed by atoms with E-state index in [-0.39, 0.29) is 11.8 Å². The topological polar surface area (TPSA) is 56.2 Å². The standard InChI is InChI=1S/C27H37N3O2/c1-4-22(5-2)27(31)28-18-10-6-7-13-26-29-24-11-8-9-12-25(24)30(26)19-20-32-23-16-14-21(3)15-17-23/h8-9,11-12,14-17,22H,4-7,10,13,18-20H2,1-3H3,(H,28,31). The van der Waals surface area contributed by atoms with Gasteiger partial charge in [0.1, 0.15) is 18.2 Å². The molecule has 0 saturated carbocycles. The van der Waals surface area contributed by atoms with Crippen LogP contribution in [0.4, 0.5) is 0 Å². The summed E-state index contributed by atoms with van der Waals surface area (Å²) in [4.78, 5) is 17.0. The molecule has 0 unspecified atom stereocenters. The highest BCUT2D eigenvalue weighted by Gasteiger charge is 2.13. The van der Waals surface area contributed by atoms with Crippen molar-refractivity contribution in [2.75, 3.05) is 13.2 Å². The Balaban J connectivity index is 1.50. The summed E-state index contributed by atoms with van der Waals surface area (Å²) in [5.74, 6) is 2.36. The van der Waals surface area contributed by atoms with Crippen molar-refractivity contribution >= 4 is 16.9 Å². The van der Waals surface area contributed by atoms with Crippen molar-refractivity contribution in [2.24, 2.45) is 5.92 Å². The summed E-state index contributed by atoms with van der Waals surface area (Å²) >= 11 is 0. The number of fused-ring (bicyclic) bond motifs is 1. The van der Waals surface area contributed by atoms with Crippen molar-refractivity contribution in [2.45, 2.75) is 65.8 Å². The Morgan fingerprint density at radius 2 is 1.78 bits per heavy atom. The van der Waals surface area contributed by atoms with Crippen LogP contribution in [0.5, 0.6) is 5.75 Å². The van der Waals surface area contributed by atoms with Gasteiger partial charge in [-0.05, 0) is 56.9 Å². The average Bonchev–Trinajstić information content (AvgIpc) is 3.15. The number of rotatable bonds is 13. The van der Waals surface area contributed by atoms with Gasteiger partial charge in [0.05, 0.1) is 17.6 Å². The molecule has 0 saturated heterocycles. The van der Waals surface area contributed by atoms with E-state index < -0.39 is 0 Å². The van der Waals surface area contributed by atoms with Gasteiger partial charge in [-0.25, -0.2) is 4.98 Å². The average molecular weight is 436 g/mol. The van der Waals surface area contributed by atoms with Crippen LogP contribution in [0.25, 0.3) is 11.0 Å². The SMILES string of the molecule is CCC(CC)C(=O)NCCCCCc1nc2ccccc2n1CCOc1ccc(C)cc1. The summed E-state index contributed by atoms with van der Waals surface area (Å²) in [6, 6.07) is 16.5. The Morgan fingerprint density at radius 1 is 1.03 bits per heavy atom. The van der Waals surface area contributed by atoms with E-state index in [4.69, 9.17) is 9.72 Å². The lowest BCUT2D eigenvalue weighted by Gasteiger charge is -2.13. The molecule has 0 fully saturated rings. The number of hydrogen-bond donors (Lipinski definition) is 1. The summed E-state index contributed by atoms with van der Waals surface area (Å²) in [6.07, 6.45) is 5.88. The van der Waals surface area contributed by atoms with Crippen molar-refractivity contribution in [1.29, 1.82) is 0 Å². The third-order valence-corrected chi connectivity index (χ3v) is 6.07. The van der Waals surface area contributed by atoms with Crippen molar-refractivity contribution in [3.8, 4) is 5.75 Å². The first-order valence-electron chi connectivity index (χ1n) is 12.0. The normalized spacial score (nSPS) is 11.2. The summed E-state index contributed by atoms with van der Waals surface area (Å²) < 4.78 is 8.26. The van der Waals surface area contributed by atoms with Gasteiger partial charge in [-0.15, -0.1) is 0 Å². The van der Waals surface area contributed by atoms with Crippen molar-refractivity contribution < 1.29 is 9.53 Å². The molecule has 1 heterocycles. The zero-order valence-corrected chi connectivity index (χ0v) is 19.8. The fourth-order valence-electron chi connectivity index (χ4n) is 4.06. The van der Waals surface area contributed by atoms with Gasteiger partial charge in [-0.2, -0.15) is 0 Å². The second kappa shape index (κ2) is 12.3. The van der Waals surface area contributed by atoms with Gasteiger partial charge in [-0.3, -0.25) is 4.79 Å². The number of imidazole rings is 1. The van der Waals surface area contributed by atoms with Crippen molar-refractivity contribution in [3.63, 3.8) is 0 Å². The maximum absolute atomic E-state index is 12.1. The smallest absolute Gasteiger partial charge is 0.223 e. The summed E-state index contributed by atoms with van der Waals surface area (Å²) in [5, 5.41) is 3.09. The van der Waals surface area contributed by atoms with Gasteiger partial charge in [0.25, 0.3) is 0 Å². The molecule has 1 N–H and O–H groups in total. The molecule has 1 amide bonds.